The van der Waals surface area contributed by atoms with E-state index in [2.05, 4.69) is 22.3 Å². The Hall–Kier alpha value is -2.41. The zero-order valence-corrected chi connectivity index (χ0v) is 19.3. The third kappa shape index (κ3) is 3.91. The second kappa shape index (κ2) is 8.85. The third-order valence-corrected chi connectivity index (χ3v) is 9.22. The minimum absolute atomic E-state index is 0.0625. The Labute approximate surface area is 190 Å². The molecule has 1 N–H and O–H groups in total. The Kier molecular flexibility index (Phi) is 5.93. The van der Waals surface area contributed by atoms with Crippen LogP contribution in [-0.4, -0.2) is 45.4 Å². The molecule has 3 aromatic rings. The molecular formula is C26H30N2O3S. The van der Waals surface area contributed by atoms with Crippen molar-refractivity contribution in [1.82, 2.24) is 10.2 Å². The molecule has 0 radical (unpaired) electrons. The molecule has 32 heavy (non-hydrogen) atoms. The lowest BCUT2D eigenvalue weighted by Crippen LogP contribution is -2.52. The standard InChI is InChI=1S/C26H30N2O3S/c1-31-23-12-11-22-18-28(15-13-20(22)16-23)26(21-8-5-14-27-17-21)32(29,30)25-10-4-7-19-6-2-3-9-24(19)25/h2-4,6-7,9-12,16,21,26-27H,5,8,13-15,17-18H2,1H3. The third-order valence-electron chi connectivity index (χ3n) is 6.93. The van der Waals surface area contributed by atoms with Crippen molar-refractivity contribution in [2.45, 2.75) is 36.1 Å². The fourth-order valence-electron chi connectivity index (χ4n) is 5.34. The van der Waals surface area contributed by atoms with Gasteiger partial charge < -0.3 is 10.1 Å². The van der Waals surface area contributed by atoms with Crippen LogP contribution < -0.4 is 10.1 Å². The highest BCUT2D eigenvalue weighted by molar-refractivity contribution is 7.92. The van der Waals surface area contributed by atoms with Crippen molar-refractivity contribution in [1.29, 1.82) is 0 Å². The van der Waals surface area contributed by atoms with Crippen LogP contribution in [0.3, 0.4) is 0 Å². The maximum absolute atomic E-state index is 14.3. The van der Waals surface area contributed by atoms with Crippen LogP contribution in [0.5, 0.6) is 5.75 Å². The van der Waals surface area contributed by atoms with Gasteiger partial charge in [-0.1, -0.05) is 42.5 Å². The number of benzene rings is 3. The van der Waals surface area contributed by atoms with Crippen LogP contribution in [0.15, 0.2) is 65.6 Å². The van der Waals surface area contributed by atoms with Crippen molar-refractivity contribution < 1.29 is 13.2 Å². The van der Waals surface area contributed by atoms with E-state index in [1.165, 1.54) is 11.1 Å². The fourth-order valence-corrected chi connectivity index (χ4v) is 7.67. The van der Waals surface area contributed by atoms with Gasteiger partial charge in [-0.2, -0.15) is 0 Å². The van der Waals surface area contributed by atoms with Crippen molar-refractivity contribution >= 4 is 20.6 Å². The van der Waals surface area contributed by atoms with Crippen molar-refractivity contribution in [2.75, 3.05) is 26.7 Å². The first-order valence-electron chi connectivity index (χ1n) is 11.4. The molecule has 6 heteroatoms. The summed E-state index contributed by atoms with van der Waals surface area (Å²) in [6.45, 7) is 3.07. The average Bonchev–Trinajstić information content (AvgIpc) is 2.84. The highest BCUT2D eigenvalue weighted by atomic mass is 32.2. The molecule has 2 aliphatic heterocycles. The Bertz CT molecular complexity index is 1210. The molecule has 2 atom stereocenters. The fraction of sp³-hybridized carbons (Fsp3) is 0.385. The summed E-state index contributed by atoms with van der Waals surface area (Å²) in [5.74, 6) is 0.918. The molecule has 5 rings (SSSR count). The van der Waals surface area contributed by atoms with E-state index < -0.39 is 15.2 Å². The predicted octanol–water partition coefficient (Wildman–Crippen LogP) is 4.01. The van der Waals surface area contributed by atoms with E-state index >= 15 is 0 Å². The van der Waals surface area contributed by atoms with Crippen LogP contribution in [0.1, 0.15) is 24.0 Å². The van der Waals surface area contributed by atoms with Gasteiger partial charge in [0.15, 0.2) is 9.84 Å². The summed E-state index contributed by atoms with van der Waals surface area (Å²) in [5, 5.41) is 4.67. The zero-order chi connectivity index (χ0) is 22.1. The average molecular weight is 451 g/mol. The molecule has 0 aromatic heterocycles. The van der Waals surface area contributed by atoms with Gasteiger partial charge in [0.2, 0.25) is 0 Å². The molecule has 0 amide bonds. The summed E-state index contributed by atoms with van der Waals surface area (Å²) in [4.78, 5) is 2.65. The van der Waals surface area contributed by atoms with Gasteiger partial charge in [0, 0.05) is 30.9 Å². The molecule has 3 aromatic carbocycles. The molecule has 1 fully saturated rings. The summed E-state index contributed by atoms with van der Waals surface area (Å²) >= 11 is 0. The lowest BCUT2D eigenvalue weighted by atomic mass is 9.95. The molecule has 0 spiro atoms. The normalized spacial score (nSPS) is 20.6. The van der Waals surface area contributed by atoms with E-state index in [4.69, 9.17) is 4.74 Å². The number of rotatable bonds is 5. The molecule has 1 saturated heterocycles. The van der Waals surface area contributed by atoms with Crippen LogP contribution in [0.2, 0.25) is 0 Å². The largest absolute Gasteiger partial charge is 0.497 e. The number of ether oxygens (including phenoxy) is 1. The predicted molar refractivity (Wildman–Crippen MR) is 128 cm³/mol. The van der Waals surface area contributed by atoms with Crippen LogP contribution >= 0.6 is 0 Å². The zero-order valence-electron chi connectivity index (χ0n) is 18.5. The first-order chi connectivity index (χ1) is 15.6. The van der Waals surface area contributed by atoms with Gasteiger partial charge in [0.25, 0.3) is 0 Å². The Balaban J connectivity index is 1.56. The summed E-state index contributed by atoms with van der Waals surface area (Å²) in [6, 6.07) is 19.6. The molecule has 2 unspecified atom stereocenters. The molecule has 2 heterocycles. The van der Waals surface area contributed by atoms with E-state index in [-0.39, 0.29) is 5.92 Å². The number of methoxy groups -OCH3 is 1. The lowest BCUT2D eigenvalue weighted by molar-refractivity contribution is 0.162. The van der Waals surface area contributed by atoms with Crippen molar-refractivity contribution in [2.24, 2.45) is 5.92 Å². The first-order valence-corrected chi connectivity index (χ1v) is 12.9. The number of nitrogens with zero attached hydrogens (tertiary/aromatic N) is 1. The Morgan fingerprint density at radius 1 is 1.06 bits per heavy atom. The quantitative estimate of drug-likeness (QED) is 0.637. The van der Waals surface area contributed by atoms with E-state index in [0.717, 1.165) is 55.4 Å². The minimum Gasteiger partial charge on any atom is -0.497 e. The molecular weight excluding hydrogens is 420 g/mol. The SMILES string of the molecule is COc1ccc2c(c1)CCN(C(C1CCCNC1)S(=O)(=O)c1cccc3ccccc13)C2. The summed E-state index contributed by atoms with van der Waals surface area (Å²) in [6.07, 6.45) is 2.76. The topological polar surface area (TPSA) is 58.6 Å². The monoisotopic (exact) mass is 450 g/mol. The lowest BCUT2D eigenvalue weighted by Gasteiger charge is -2.40. The van der Waals surface area contributed by atoms with Gasteiger partial charge in [-0.15, -0.1) is 0 Å². The van der Waals surface area contributed by atoms with Crippen molar-refractivity contribution in [3.05, 3.63) is 71.8 Å². The van der Waals surface area contributed by atoms with Crippen molar-refractivity contribution in [3.8, 4) is 5.75 Å². The van der Waals surface area contributed by atoms with E-state index in [1.54, 1.807) is 13.2 Å². The second-order valence-corrected chi connectivity index (χ2v) is 10.9. The van der Waals surface area contributed by atoms with Gasteiger partial charge in [-0.25, -0.2) is 8.42 Å². The Morgan fingerprint density at radius 2 is 1.91 bits per heavy atom. The molecule has 168 valence electrons. The van der Waals surface area contributed by atoms with E-state index in [9.17, 15) is 8.42 Å². The number of hydrogen-bond donors (Lipinski definition) is 1. The summed E-state index contributed by atoms with van der Waals surface area (Å²) in [5.41, 5.74) is 2.45. The Morgan fingerprint density at radius 3 is 2.72 bits per heavy atom. The van der Waals surface area contributed by atoms with E-state index in [1.807, 2.05) is 42.5 Å². The van der Waals surface area contributed by atoms with Gasteiger partial charge in [-0.05, 0) is 60.5 Å². The molecule has 5 nitrogen and oxygen atoms in total. The first kappa shape index (κ1) is 21.4. The highest BCUT2D eigenvalue weighted by Gasteiger charge is 2.41. The molecule has 0 bridgehead atoms. The smallest absolute Gasteiger partial charge is 0.195 e. The van der Waals surface area contributed by atoms with Crippen molar-refractivity contribution in [3.63, 3.8) is 0 Å². The minimum atomic E-state index is -3.58. The number of fused-ring (bicyclic) bond motifs is 2. The van der Waals surface area contributed by atoms with Gasteiger partial charge >= 0.3 is 0 Å². The van der Waals surface area contributed by atoms with Crippen LogP contribution in [0.4, 0.5) is 0 Å². The molecule has 2 aliphatic rings. The van der Waals surface area contributed by atoms with Crippen LogP contribution in [0, 0.1) is 5.92 Å². The number of hydrogen-bond acceptors (Lipinski definition) is 5. The number of nitrogens with one attached hydrogen (secondary N) is 1. The van der Waals surface area contributed by atoms with Gasteiger partial charge in [-0.3, -0.25) is 4.90 Å². The summed E-state index contributed by atoms with van der Waals surface area (Å²) < 4.78 is 33.9. The number of sulfone groups is 1. The van der Waals surface area contributed by atoms with Gasteiger partial charge in [0.05, 0.1) is 12.0 Å². The summed E-state index contributed by atoms with van der Waals surface area (Å²) in [7, 11) is -1.90. The van der Waals surface area contributed by atoms with Crippen LogP contribution in [0.25, 0.3) is 10.8 Å². The second-order valence-electron chi connectivity index (χ2n) is 8.87. The highest BCUT2D eigenvalue weighted by Crippen LogP contribution is 2.35. The van der Waals surface area contributed by atoms with Gasteiger partial charge in [0.1, 0.15) is 11.1 Å². The molecule has 0 aliphatic carbocycles. The molecule has 0 saturated carbocycles. The van der Waals surface area contributed by atoms with E-state index in [0.29, 0.717) is 11.4 Å². The maximum Gasteiger partial charge on any atom is 0.195 e. The maximum atomic E-state index is 14.3. The van der Waals surface area contributed by atoms with Crippen LogP contribution in [-0.2, 0) is 22.8 Å². The number of piperidine rings is 1.